The van der Waals surface area contributed by atoms with Crippen LogP contribution in [0.4, 0.5) is 5.69 Å². The number of carbonyl (C=O) groups is 3. The van der Waals surface area contributed by atoms with Gasteiger partial charge in [-0.2, -0.15) is 0 Å². The third-order valence-electron chi connectivity index (χ3n) is 3.63. The molecule has 0 radical (unpaired) electrons. The van der Waals surface area contributed by atoms with Gasteiger partial charge in [-0.15, -0.1) is 0 Å². The number of hydrogen-bond donors (Lipinski definition) is 3. The Hall–Kier alpha value is -3.23. The van der Waals surface area contributed by atoms with Crippen LogP contribution in [0.3, 0.4) is 0 Å². The second-order valence-corrected chi connectivity index (χ2v) is 6.50. The molecule has 3 N–H and O–H groups in total. The molecule has 0 saturated carbocycles. The maximum atomic E-state index is 11.9. The fraction of sp³-hybridized carbons (Fsp3) is 0.0526. The Bertz CT molecular complexity index is 970. The van der Waals surface area contributed by atoms with Crippen LogP contribution >= 0.6 is 23.8 Å². The number of carbonyl (C=O) groups excluding carboxylic acids is 3. The molecule has 2 aromatic carbocycles. The van der Waals surface area contributed by atoms with Gasteiger partial charge in [-0.05, 0) is 48.1 Å². The van der Waals surface area contributed by atoms with Crippen LogP contribution in [-0.4, -0.2) is 29.4 Å². The zero-order valence-electron chi connectivity index (χ0n) is 14.3. The van der Waals surface area contributed by atoms with Crippen LogP contribution in [0.1, 0.15) is 5.56 Å². The lowest BCUT2D eigenvalue weighted by Crippen LogP contribution is -2.51. The van der Waals surface area contributed by atoms with Gasteiger partial charge >= 0.3 is 0 Å². The van der Waals surface area contributed by atoms with Crippen molar-refractivity contribution in [3.8, 4) is 5.75 Å². The van der Waals surface area contributed by atoms with Crippen LogP contribution in [-0.2, 0) is 14.4 Å². The van der Waals surface area contributed by atoms with Crippen LogP contribution < -0.4 is 20.7 Å². The fourth-order valence-corrected chi connectivity index (χ4v) is 2.79. The van der Waals surface area contributed by atoms with Gasteiger partial charge in [0, 0.05) is 5.69 Å². The topological polar surface area (TPSA) is 96.5 Å². The predicted octanol–water partition coefficient (Wildman–Crippen LogP) is 2.27. The van der Waals surface area contributed by atoms with E-state index in [4.69, 9.17) is 28.6 Å². The molecule has 3 amide bonds. The monoisotopic (exact) mass is 415 g/mol. The number of amides is 3. The SMILES string of the molecule is O=C(COc1ccc(C=C2C(=O)NC(=S)NC2=O)cc1Cl)Nc1ccccc1. The molecule has 0 aromatic heterocycles. The smallest absolute Gasteiger partial charge is 0.263 e. The van der Waals surface area contributed by atoms with E-state index in [2.05, 4.69) is 16.0 Å². The molecule has 0 unspecified atom stereocenters. The number of halogens is 1. The van der Waals surface area contributed by atoms with Gasteiger partial charge in [0.2, 0.25) is 0 Å². The number of hydrogen-bond acceptors (Lipinski definition) is 5. The van der Waals surface area contributed by atoms with E-state index in [1.165, 1.54) is 12.1 Å². The lowest BCUT2D eigenvalue weighted by molar-refractivity contribution is -0.123. The molecule has 9 heteroatoms. The van der Waals surface area contributed by atoms with E-state index < -0.39 is 11.8 Å². The van der Waals surface area contributed by atoms with Crippen molar-refractivity contribution in [3.63, 3.8) is 0 Å². The molecule has 1 fully saturated rings. The van der Waals surface area contributed by atoms with Gasteiger partial charge in [-0.1, -0.05) is 35.9 Å². The Kier molecular flexibility index (Phi) is 6.03. The molecule has 0 atom stereocenters. The first kappa shape index (κ1) is 19.5. The maximum absolute atomic E-state index is 11.9. The molecule has 0 aliphatic carbocycles. The number of para-hydroxylation sites is 1. The quantitative estimate of drug-likeness (QED) is 0.395. The third kappa shape index (κ3) is 4.93. The molecule has 1 aliphatic heterocycles. The fourth-order valence-electron chi connectivity index (χ4n) is 2.36. The van der Waals surface area contributed by atoms with Crippen molar-refractivity contribution >= 4 is 58.4 Å². The minimum atomic E-state index is -0.595. The molecule has 1 heterocycles. The Labute approximate surface area is 170 Å². The Balaban J connectivity index is 1.65. The molecule has 3 rings (SSSR count). The van der Waals surface area contributed by atoms with E-state index in [0.29, 0.717) is 17.0 Å². The van der Waals surface area contributed by atoms with Gasteiger partial charge in [0.25, 0.3) is 17.7 Å². The van der Waals surface area contributed by atoms with E-state index >= 15 is 0 Å². The van der Waals surface area contributed by atoms with Crippen molar-refractivity contribution < 1.29 is 19.1 Å². The van der Waals surface area contributed by atoms with Crippen molar-refractivity contribution in [2.45, 2.75) is 0 Å². The third-order valence-corrected chi connectivity index (χ3v) is 4.13. The lowest BCUT2D eigenvalue weighted by atomic mass is 10.1. The zero-order chi connectivity index (χ0) is 20.1. The molecular formula is C19H14ClN3O4S. The zero-order valence-corrected chi connectivity index (χ0v) is 15.9. The average Bonchev–Trinajstić information content (AvgIpc) is 2.65. The highest BCUT2D eigenvalue weighted by molar-refractivity contribution is 7.80. The normalized spacial score (nSPS) is 13.5. The number of rotatable bonds is 5. The summed E-state index contributed by atoms with van der Waals surface area (Å²) in [5.74, 6) is -1.23. The standard InChI is InChI=1S/C19H14ClN3O4S/c20-14-9-11(8-13-17(25)22-19(28)23-18(13)26)6-7-15(14)27-10-16(24)21-12-4-2-1-3-5-12/h1-9H,10H2,(H,21,24)(H2,22,23,25,26,28). The molecule has 1 saturated heterocycles. The van der Waals surface area contributed by atoms with Crippen molar-refractivity contribution in [3.05, 3.63) is 64.7 Å². The number of ether oxygens (including phenoxy) is 1. The van der Waals surface area contributed by atoms with Gasteiger partial charge in [-0.3, -0.25) is 25.0 Å². The molecular weight excluding hydrogens is 402 g/mol. The van der Waals surface area contributed by atoms with Crippen molar-refractivity contribution in [2.75, 3.05) is 11.9 Å². The predicted molar refractivity (Wildman–Crippen MR) is 109 cm³/mol. The Morgan fingerprint density at radius 1 is 1.11 bits per heavy atom. The average molecular weight is 416 g/mol. The summed E-state index contributed by atoms with van der Waals surface area (Å²) in [6.45, 7) is -0.225. The second-order valence-electron chi connectivity index (χ2n) is 5.69. The summed E-state index contributed by atoms with van der Waals surface area (Å²) in [5, 5.41) is 7.58. The highest BCUT2D eigenvalue weighted by atomic mass is 35.5. The van der Waals surface area contributed by atoms with Crippen LogP contribution in [0.15, 0.2) is 54.1 Å². The first-order valence-corrected chi connectivity index (χ1v) is 8.86. The van der Waals surface area contributed by atoms with Crippen molar-refractivity contribution in [1.29, 1.82) is 0 Å². The van der Waals surface area contributed by atoms with Crippen LogP contribution in [0.5, 0.6) is 5.75 Å². The molecule has 7 nitrogen and oxygen atoms in total. The van der Waals surface area contributed by atoms with Crippen molar-refractivity contribution in [1.82, 2.24) is 10.6 Å². The number of nitrogens with one attached hydrogen (secondary N) is 3. The number of anilines is 1. The molecule has 0 spiro atoms. The van der Waals surface area contributed by atoms with Crippen molar-refractivity contribution in [2.24, 2.45) is 0 Å². The summed E-state index contributed by atoms with van der Waals surface area (Å²) >= 11 is 10.9. The van der Waals surface area contributed by atoms with E-state index in [0.717, 1.165) is 0 Å². The Morgan fingerprint density at radius 3 is 2.43 bits per heavy atom. The first-order valence-electron chi connectivity index (χ1n) is 8.08. The minimum Gasteiger partial charge on any atom is -0.482 e. The van der Waals surface area contributed by atoms with Crippen LogP contribution in [0.2, 0.25) is 5.02 Å². The molecule has 2 aromatic rings. The number of benzene rings is 2. The van der Waals surface area contributed by atoms with Gasteiger partial charge in [0.1, 0.15) is 11.3 Å². The highest BCUT2D eigenvalue weighted by Gasteiger charge is 2.25. The summed E-state index contributed by atoms with van der Waals surface area (Å²) in [5.41, 5.74) is 1.08. The largest absolute Gasteiger partial charge is 0.482 e. The molecule has 1 aliphatic rings. The summed E-state index contributed by atoms with van der Waals surface area (Å²) in [6.07, 6.45) is 1.38. The molecule has 28 heavy (non-hydrogen) atoms. The van der Waals surface area contributed by atoms with E-state index in [1.54, 1.807) is 36.4 Å². The highest BCUT2D eigenvalue weighted by Crippen LogP contribution is 2.26. The minimum absolute atomic E-state index is 0.0392. The van der Waals surface area contributed by atoms with Crippen LogP contribution in [0, 0.1) is 0 Å². The summed E-state index contributed by atoms with van der Waals surface area (Å²) in [7, 11) is 0. The van der Waals surface area contributed by atoms with E-state index in [-0.39, 0.29) is 28.2 Å². The van der Waals surface area contributed by atoms with E-state index in [9.17, 15) is 14.4 Å². The Morgan fingerprint density at radius 2 is 1.79 bits per heavy atom. The molecule has 0 bridgehead atoms. The van der Waals surface area contributed by atoms with Gasteiger partial charge < -0.3 is 10.1 Å². The lowest BCUT2D eigenvalue weighted by Gasteiger charge is -2.16. The van der Waals surface area contributed by atoms with Gasteiger partial charge in [0.05, 0.1) is 5.02 Å². The van der Waals surface area contributed by atoms with E-state index in [1.807, 2.05) is 6.07 Å². The number of thiocarbonyl (C=S) groups is 1. The second kappa shape index (κ2) is 8.64. The summed E-state index contributed by atoms with van der Waals surface area (Å²) < 4.78 is 5.43. The maximum Gasteiger partial charge on any atom is 0.263 e. The van der Waals surface area contributed by atoms with Gasteiger partial charge in [0.15, 0.2) is 11.7 Å². The molecule has 142 valence electrons. The first-order chi connectivity index (χ1) is 13.4. The van der Waals surface area contributed by atoms with Crippen LogP contribution in [0.25, 0.3) is 6.08 Å². The summed E-state index contributed by atoms with van der Waals surface area (Å²) in [6, 6.07) is 13.7. The van der Waals surface area contributed by atoms with Gasteiger partial charge in [-0.25, -0.2) is 0 Å². The summed E-state index contributed by atoms with van der Waals surface area (Å²) in [4.78, 5) is 35.7.